The fourth-order valence-corrected chi connectivity index (χ4v) is 5.41. The van der Waals surface area contributed by atoms with E-state index in [1.54, 1.807) is 5.32 Å². The molecule has 1 atom stereocenters. The summed E-state index contributed by atoms with van der Waals surface area (Å²) in [5, 5.41) is 1.74. The van der Waals surface area contributed by atoms with Gasteiger partial charge in [0.2, 0.25) is 15.9 Å². The van der Waals surface area contributed by atoms with Crippen LogP contribution in [0.4, 0.5) is 22.0 Å². The third-order valence-electron chi connectivity index (χ3n) is 4.91. The summed E-state index contributed by atoms with van der Waals surface area (Å²) in [6, 6.07) is 2.95. The molecule has 166 valence electrons. The molecule has 12 heteroatoms. The van der Waals surface area contributed by atoms with Gasteiger partial charge < -0.3 is 10.1 Å². The van der Waals surface area contributed by atoms with Gasteiger partial charge >= 0.3 is 12.8 Å². The molecule has 2 aliphatic rings. The number of aryl methyl sites for hydroxylation is 1. The number of alkyl halides is 5. The molecule has 1 fully saturated rings. The highest BCUT2D eigenvalue weighted by Gasteiger charge is 2.41. The molecule has 0 radical (unpaired) electrons. The minimum Gasteiger partial charge on any atom is -0.435 e. The van der Waals surface area contributed by atoms with Gasteiger partial charge in [-0.25, -0.2) is 8.42 Å². The average Bonchev–Trinajstić information content (AvgIpc) is 3.15. The van der Waals surface area contributed by atoms with E-state index in [1.807, 2.05) is 0 Å². The largest absolute Gasteiger partial charge is 0.435 e. The predicted molar refractivity (Wildman–Crippen MR) is 97.1 cm³/mol. The Hall–Kier alpha value is -2.21. The number of fused-ring (bicyclic) bond motifs is 1. The molecular formula is C18H19F5N2O4S. The zero-order chi connectivity index (χ0) is 22.1. The maximum absolute atomic E-state index is 13.1. The topological polar surface area (TPSA) is 75.7 Å². The number of sulfonamides is 1. The highest BCUT2D eigenvalue weighted by atomic mass is 32.2. The summed E-state index contributed by atoms with van der Waals surface area (Å²) in [5.74, 6) is -1.02. The standard InChI is InChI=1S/C18H19F5N2O4S/c19-17(20)29-13-5-3-12-9-14(6-4-11(12)8-13)30(27,28)25-7-1-2-15(25)16(26)24-10-18(21,22)23/h3,5,8-9,15,17H,1-2,4,6-7,10H2,(H,24,26). The fourth-order valence-electron chi connectivity index (χ4n) is 3.57. The van der Waals surface area contributed by atoms with Crippen LogP contribution in [0.25, 0.3) is 6.08 Å². The SMILES string of the molecule is O=C(NCC(F)(F)F)C1CCCN1S(=O)(=O)C1=Cc2ccc(OC(F)F)cc2CC1. The van der Waals surface area contributed by atoms with E-state index in [4.69, 9.17) is 0 Å². The second kappa shape index (κ2) is 8.50. The number of benzene rings is 1. The van der Waals surface area contributed by atoms with Crippen LogP contribution in [0.5, 0.6) is 5.75 Å². The lowest BCUT2D eigenvalue weighted by Crippen LogP contribution is -2.48. The van der Waals surface area contributed by atoms with Crippen molar-refractivity contribution in [3.8, 4) is 5.75 Å². The number of carbonyl (C=O) groups is 1. The van der Waals surface area contributed by atoms with Gasteiger partial charge in [-0.05, 0) is 55.0 Å². The molecule has 0 bridgehead atoms. The highest BCUT2D eigenvalue weighted by Crippen LogP contribution is 2.34. The number of allylic oxidation sites excluding steroid dienone is 1. The first kappa shape index (κ1) is 22.5. The van der Waals surface area contributed by atoms with Gasteiger partial charge in [0, 0.05) is 6.54 Å². The maximum Gasteiger partial charge on any atom is 0.405 e. The molecular weight excluding hydrogens is 435 g/mol. The summed E-state index contributed by atoms with van der Waals surface area (Å²) < 4.78 is 93.2. The van der Waals surface area contributed by atoms with Crippen molar-refractivity contribution < 1.29 is 39.9 Å². The molecule has 0 aromatic heterocycles. The van der Waals surface area contributed by atoms with E-state index < -0.39 is 41.3 Å². The lowest BCUT2D eigenvalue weighted by molar-refractivity contribution is -0.140. The van der Waals surface area contributed by atoms with Crippen LogP contribution < -0.4 is 10.1 Å². The number of carbonyl (C=O) groups excluding carboxylic acids is 1. The maximum atomic E-state index is 13.1. The van der Waals surface area contributed by atoms with Gasteiger partial charge in [-0.3, -0.25) is 4.79 Å². The van der Waals surface area contributed by atoms with Gasteiger partial charge in [0.15, 0.2) is 0 Å². The zero-order valence-electron chi connectivity index (χ0n) is 15.6. The summed E-state index contributed by atoms with van der Waals surface area (Å²) in [7, 11) is -4.08. The Morgan fingerprint density at radius 1 is 1.27 bits per heavy atom. The Labute approximate surface area is 169 Å². The number of halogens is 5. The van der Waals surface area contributed by atoms with E-state index in [1.165, 1.54) is 24.3 Å². The van der Waals surface area contributed by atoms with Crippen molar-refractivity contribution in [1.82, 2.24) is 9.62 Å². The Balaban J connectivity index is 1.79. The molecule has 30 heavy (non-hydrogen) atoms. The van der Waals surface area contributed by atoms with Crippen molar-refractivity contribution in [1.29, 1.82) is 0 Å². The van der Waals surface area contributed by atoms with Crippen molar-refractivity contribution >= 4 is 22.0 Å². The minimum atomic E-state index is -4.60. The van der Waals surface area contributed by atoms with Crippen molar-refractivity contribution in [2.24, 2.45) is 0 Å². The van der Waals surface area contributed by atoms with Gasteiger partial charge in [-0.1, -0.05) is 6.07 Å². The van der Waals surface area contributed by atoms with Crippen LogP contribution in [-0.4, -0.2) is 50.5 Å². The Morgan fingerprint density at radius 3 is 2.67 bits per heavy atom. The quantitative estimate of drug-likeness (QED) is 0.671. The van der Waals surface area contributed by atoms with E-state index in [9.17, 15) is 35.2 Å². The molecule has 1 aromatic rings. The Bertz CT molecular complexity index is 946. The van der Waals surface area contributed by atoms with Crippen molar-refractivity contribution in [2.75, 3.05) is 13.1 Å². The third kappa shape index (κ3) is 5.09. The summed E-state index contributed by atoms with van der Waals surface area (Å²) in [4.78, 5) is 12.2. The molecule has 1 saturated heterocycles. The smallest absolute Gasteiger partial charge is 0.405 e. The molecule has 0 spiro atoms. The molecule has 3 rings (SSSR count). The minimum absolute atomic E-state index is 0.0213. The molecule has 1 aliphatic heterocycles. The van der Waals surface area contributed by atoms with Crippen LogP contribution in [0.2, 0.25) is 0 Å². The van der Waals surface area contributed by atoms with Gasteiger partial charge in [-0.15, -0.1) is 0 Å². The number of ether oxygens (including phenoxy) is 1. The molecule has 1 heterocycles. The van der Waals surface area contributed by atoms with Crippen LogP contribution in [0, 0.1) is 0 Å². The fraction of sp³-hybridized carbons (Fsp3) is 0.500. The van der Waals surface area contributed by atoms with E-state index in [0.29, 0.717) is 17.5 Å². The average molecular weight is 454 g/mol. The molecule has 1 aromatic carbocycles. The molecule has 0 saturated carbocycles. The number of hydrogen-bond donors (Lipinski definition) is 1. The number of amides is 1. The first-order valence-corrected chi connectivity index (χ1v) is 10.6. The second-order valence-electron chi connectivity index (χ2n) is 6.96. The summed E-state index contributed by atoms with van der Waals surface area (Å²) in [6.07, 6.45) is -2.41. The van der Waals surface area contributed by atoms with E-state index in [0.717, 1.165) is 4.31 Å². The van der Waals surface area contributed by atoms with Crippen molar-refractivity contribution in [2.45, 2.75) is 44.5 Å². The summed E-state index contributed by atoms with van der Waals surface area (Å²) in [5.41, 5.74) is 1.15. The number of nitrogens with one attached hydrogen (secondary N) is 1. The highest BCUT2D eigenvalue weighted by molar-refractivity contribution is 7.93. The van der Waals surface area contributed by atoms with Crippen LogP contribution in [0.3, 0.4) is 0 Å². The van der Waals surface area contributed by atoms with Gasteiger partial charge in [-0.2, -0.15) is 26.3 Å². The zero-order valence-corrected chi connectivity index (χ0v) is 16.4. The van der Waals surface area contributed by atoms with E-state index in [2.05, 4.69) is 4.74 Å². The summed E-state index contributed by atoms with van der Waals surface area (Å²) in [6.45, 7) is -4.48. The Morgan fingerprint density at radius 2 is 2.00 bits per heavy atom. The van der Waals surface area contributed by atoms with Crippen molar-refractivity contribution in [3.63, 3.8) is 0 Å². The third-order valence-corrected chi connectivity index (χ3v) is 6.95. The van der Waals surface area contributed by atoms with Crippen LogP contribution in [0.1, 0.15) is 30.4 Å². The monoisotopic (exact) mass is 454 g/mol. The van der Waals surface area contributed by atoms with Gasteiger partial charge in [0.1, 0.15) is 18.3 Å². The molecule has 1 aliphatic carbocycles. The van der Waals surface area contributed by atoms with Crippen molar-refractivity contribution in [3.05, 3.63) is 34.2 Å². The molecule has 1 unspecified atom stereocenters. The van der Waals surface area contributed by atoms with Crippen LogP contribution in [-0.2, 0) is 21.2 Å². The lowest BCUT2D eigenvalue weighted by Gasteiger charge is -2.26. The van der Waals surface area contributed by atoms with E-state index in [-0.39, 0.29) is 36.5 Å². The van der Waals surface area contributed by atoms with E-state index >= 15 is 0 Å². The first-order valence-electron chi connectivity index (χ1n) is 9.12. The molecule has 6 nitrogen and oxygen atoms in total. The van der Waals surface area contributed by atoms with Gasteiger partial charge in [0.25, 0.3) is 0 Å². The molecule has 1 amide bonds. The second-order valence-corrected chi connectivity index (χ2v) is 8.90. The molecule has 1 N–H and O–H groups in total. The summed E-state index contributed by atoms with van der Waals surface area (Å²) >= 11 is 0. The number of rotatable bonds is 6. The normalized spacial score (nSPS) is 20.1. The predicted octanol–water partition coefficient (Wildman–Crippen LogP) is 3.05. The Kier molecular flexibility index (Phi) is 6.37. The number of nitrogens with zero attached hydrogens (tertiary/aromatic N) is 1. The van der Waals surface area contributed by atoms with Crippen LogP contribution in [0.15, 0.2) is 23.1 Å². The van der Waals surface area contributed by atoms with Gasteiger partial charge in [0.05, 0.1) is 4.91 Å². The number of hydrogen-bond acceptors (Lipinski definition) is 4. The lowest BCUT2D eigenvalue weighted by atomic mass is 9.97. The first-order chi connectivity index (χ1) is 14.0. The van der Waals surface area contributed by atoms with Crippen LogP contribution >= 0.6 is 0 Å².